The van der Waals surface area contributed by atoms with Crippen LogP contribution in [-0.2, 0) is 10.2 Å². The molecule has 0 aromatic heterocycles. The smallest absolute Gasteiger partial charge is 0.224 e. The summed E-state index contributed by atoms with van der Waals surface area (Å²) in [6, 6.07) is 6.95. The van der Waals surface area contributed by atoms with Crippen molar-refractivity contribution in [2.75, 3.05) is 19.6 Å². The van der Waals surface area contributed by atoms with Crippen LogP contribution in [0, 0.1) is 11.7 Å². The van der Waals surface area contributed by atoms with Gasteiger partial charge in [0.2, 0.25) is 5.91 Å². The Morgan fingerprint density at radius 1 is 1.26 bits per heavy atom. The second-order valence-corrected chi connectivity index (χ2v) is 7.11. The Morgan fingerprint density at radius 3 is 2.78 bits per heavy atom. The van der Waals surface area contributed by atoms with Gasteiger partial charge in [-0.05, 0) is 49.9 Å². The van der Waals surface area contributed by atoms with Crippen molar-refractivity contribution >= 4 is 5.91 Å². The van der Waals surface area contributed by atoms with Gasteiger partial charge in [0.15, 0.2) is 0 Å². The summed E-state index contributed by atoms with van der Waals surface area (Å²) in [5, 5.41) is 6.47. The number of piperidine rings is 1. The average molecular weight is 318 g/mol. The minimum absolute atomic E-state index is 0.0805. The zero-order valence-electron chi connectivity index (χ0n) is 13.7. The first-order chi connectivity index (χ1) is 11.2. The van der Waals surface area contributed by atoms with Crippen molar-refractivity contribution in [2.45, 2.75) is 50.4 Å². The summed E-state index contributed by atoms with van der Waals surface area (Å²) < 4.78 is 13.7. The molecule has 1 aromatic carbocycles. The highest BCUT2D eigenvalue weighted by Gasteiger charge is 2.35. The monoisotopic (exact) mass is 318 g/mol. The van der Waals surface area contributed by atoms with E-state index in [4.69, 9.17) is 0 Å². The number of carbonyl (C=O) groups excluding carboxylic acids is 1. The molecule has 1 amide bonds. The maximum atomic E-state index is 13.7. The van der Waals surface area contributed by atoms with E-state index in [0.29, 0.717) is 6.54 Å². The maximum Gasteiger partial charge on any atom is 0.224 e. The van der Waals surface area contributed by atoms with Gasteiger partial charge in [0.1, 0.15) is 5.82 Å². The topological polar surface area (TPSA) is 41.1 Å². The molecule has 1 saturated heterocycles. The van der Waals surface area contributed by atoms with Crippen molar-refractivity contribution in [3.05, 3.63) is 35.6 Å². The first kappa shape index (κ1) is 16.4. The number of benzene rings is 1. The number of amides is 1. The standard InChI is InChI=1S/C19H27FN2O/c20-17-8-4-7-16(12-17)19(9-2-1-3-10-19)14-22-18(23)15-6-5-11-21-13-15/h4,7-8,12,15,21H,1-3,5-6,9-11,13-14H2,(H,22,23). The molecule has 1 unspecified atom stereocenters. The average Bonchev–Trinajstić information content (AvgIpc) is 2.61. The lowest BCUT2D eigenvalue weighted by Crippen LogP contribution is -2.46. The molecule has 1 aliphatic carbocycles. The lowest BCUT2D eigenvalue weighted by molar-refractivity contribution is -0.125. The number of rotatable bonds is 4. The van der Waals surface area contributed by atoms with Crippen molar-refractivity contribution in [3.8, 4) is 0 Å². The molecule has 2 N–H and O–H groups in total. The Balaban J connectivity index is 1.70. The Bertz CT molecular complexity index is 534. The molecule has 2 fully saturated rings. The van der Waals surface area contributed by atoms with Crippen LogP contribution in [0.4, 0.5) is 4.39 Å². The van der Waals surface area contributed by atoms with Gasteiger partial charge in [-0.3, -0.25) is 4.79 Å². The lowest BCUT2D eigenvalue weighted by Gasteiger charge is -2.38. The normalized spacial score (nSPS) is 24.1. The Kier molecular flexibility index (Phi) is 5.31. The highest BCUT2D eigenvalue weighted by Crippen LogP contribution is 2.39. The van der Waals surface area contributed by atoms with E-state index >= 15 is 0 Å². The predicted molar refractivity (Wildman–Crippen MR) is 89.8 cm³/mol. The van der Waals surface area contributed by atoms with E-state index in [-0.39, 0.29) is 23.1 Å². The zero-order valence-corrected chi connectivity index (χ0v) is 13.7. The number of nitrogens with one attached hydrogen (secondary N) is 2. The van der Waals surface area contributed by atoms with Gasteiger partial charge in [-0.15, -0.1) is 0 Å². The summed E-state index contributed by atoms with van der Waals surface area (Å²) in [7, 11) is 0. The number of hydrogen-bond acceptors (Lipinski definition) is 2. The van der Waals surface area contributed by atoms with Crippen LogP contribution in [0.2, 0.25) is 0 Å². The molecule has 3 rings (SSSR count). The Morgan fingerprint density at radius 2 is 2.09 bits per heavy atom. The van der Waals surface area contributed by atoms with Crippen molar-refractivity contribution in [1.29, 1.82) is 0 Å². The lowest BCUT2D eigenvalue weighted by atomic mass is 9.69. The van der Waals surface area contributed by atoms with E-state index in [1.807, 2.05) is 6.07 Å². The third-order valence-electron chi connectivity index (χ3n) is 5.52. The molecule has 1 atom stereocenters. The van der Waals surface area contributed by atoms with Gasteiger partial charge in [0.25, 0.3) is 0 Å². The first-order valence-electron chi connectivity index (χ1n) is 8.94. The summed E-state index contributed by atoms with van der Waals surface area (Å²) in [5.74, 6) is 0.0470. The quantitative estimate of drug-likeness (QED) is 0.895. The van der Waals surface area contributed by atoms with E-state index in [9.17, 15) is 9.18 Å². The molecule has 3 nitrogen and oxygen atoms in total. The van der Waals surface area contributed by atoms with Crippen LogP contribution in [0.3, 0.4) is 0 Å². The van der Waals surface area contributed by atoms with Crippen LogP contribution >= 0.6 is 0 Å². The van der Waals surface area contributed by atoms with E-state index in [1.54, 1.807) is 12.1 Å². The van der Waals surface area contributed by atoms with Crippen molar-refractivity contribution < 1.29 is 9.18 Å². The highest BCUT2D eigenvalue weighted by molar-refractivity contribution is 5.79. The molecular weight excluding hydrogens is 291 g/mol. The van der Waals surface area contributed by atoms with Crippen LogP contribution in [0.1, 0.15) is 50.5 Å². The van der Waals surface area contributed by atoms with E-state index in [2.05, 4.69) is 10.6 Å². The molecular formula is C19H27FN2O. The summed E-state index contributed by atoms with van der Waals surface area (Å²) >= 11 is 0. The molecule has 126 valence electrons. The van der Waals surface area contributed by atoms with Crippen LogP contribution in [-0.4, -0.2) is 25.5 Å². The fourth-order valence-corrected chi connectivity index (χ4v) is 4.09. The second-order valence-electron chi connectivity index (χ2n) is 7.11. The number of hydrogen-bond donors (Lipinski definition) is 2. The zero-order chi connectivity index (χ0) is 16.1. The van der Waals surface area contributed by atoms with Gasteiger partial charge in [0, 0.05) is 18.5 Å². The molecule has 0 spiro atoms. The minimum atomic E-state index is -0.185. The minimum Gasteiger partial charge on any atom is -0.355 e. The van der Waals surface area contributed by atoms with E-state index in [1.165, 1.54) is 12.5 Å². The molecule has 1 saturated carbocycles. The van der Waals surface area contributed by atoms with Crippen LogP contribution in [0.5, 0.6) is 0 Å². The molecule has 23 heavy (non-hydrogen) atoms. The Labute approximate surface area is 138 Å². The molecule has 0 bridgehead atoms. The van der Waals surface area contributed by atoms with Gasteiger partial charge in [-0.1, -0.05) is 31.4 Å². The molecule has 0 radical (unpaired) electrons. The Hall–Kier alpha value is -1.42. The number of halogens is 1. The second kappa shape index (κ2) is 7.43. The van der Waals surface area contributed by atoms with Crippen molar-refractivity contribution in [3.63, 3.8) is 0 Å². The molecule has 1 aliphatic heterocycles. The van der Waals surface area contributed by atoms with E-state index < -0.39 is 0 Å². The largest absolute Gasteiger partial charge is 0.355 e. The predicted octanol–water partition coefficient (Wildman–Crippen LogP) is 3.14. The summed E-state index contributed by atoms with van der Waals surface area (Å²) in [6.45, 7) is 2.42. The van der Waals surface area contributed by atoms with Crippen molar-refractivity contribution in [2.24, 2.45) is 5.92 Å². The SMILES string of the molecule is O=C(NCC1(c2cccc(F)c2)CCCCC1)C1CCCNC1. The van der Waals surface area contributed by atoms with Gasteiger partial charge < -0.3 is 10.6 Å². The highest BCUT2D eigenvalue weighted by atomic mass is 19.1. The fraction of sp³-hybridized carbons (Fsp3) is 0.632. The van der Waals surface area contributed by atoms with Gasteiger partial charge in [0.05, 0.1) is 5.92 Å². The van der Waals surface area contributed by atoms with Gasteiger partial charge in [-0.2, -0.15) is 0 Å². The third kappa shape index (κ3) is 3.92. The molecule has 1 heterocycles. The molecule has 2 aliphatic rings. The third-order valence-corrected chi connectivity index (χ3v) is 5.52. The summed E-state index contributed by atoms with van der Waals surface area (Å²) in [6.07, 6.45) is 7.62. The van der Waals surface area contributed by atoms with Crippen LogP contribution in [0.15, 0.2) is 24.3 Å². The summed E-state index contributed by atoms with van der Waals surface area (Å²) in [4.78, 5) is 12.5. The van der Waals surface area contributed by atoms with E-state index in [0.717, 1.165) is 57.2 Å². The first-order valence-corrected chi connectivity index (χ1v) is 8.94. The van der Waals surface area contributed by atoms with Crippen molar-refractivity contribution in [1.82, 2.24) is 10.6 Å². The van der Waals surface area contributed by atoms with Crippen LogP contribution in [0.25, 0.3) is 0 Å². The fourth-order valence-electron chi connectivity index (χ4n) is 4.09. The molecule has 1 aromatic rings. The summed E-state index contributed by atoms with van der Waals surface area (Å²) in [5.41, 5.74) is 0.942. The van der Waals surface area contributed by atoms with Gasteiger partial charge in [-0.25, -0.2) is 4.39 Å². The van der Waals surface area contributed by atoms with Gasteiger partial charge >= 0.3 is 0 Å². The molecule has 4 heteroatoms. The van der Waals surface area contributed by atoms with Crippen LogP contribution < -0.4 is 10.6 Å². The number of carbonyl (C=O) groups is 1. The maximum absolute atomic E-state index is 13.7.